The number of para-hydroxylation sites is 1. The first-order valence-corrected chi connectivity index (χ1v) is 6.65. The highest BCUT2D eigenvalue weighted by Gasteiger charge is 2.11. The average Bonchev–Trinajstić information content (AvgIpc) is 2.91. The Morgan fingerprint density at radius 1 is 1.10 bits per heavy atom. The lowest BCUT2D eigenvalue weighted by Crippen LogP contribution is -2.23. The van der Waals surface area contributed by atoms with Crippen molar-refractivity contribution in [1.82, 2.24) is 4.98 Å². The summed E-state index contributed by atoms with van der Waals surface area (Å²) in [5.74, 6) is 0. The van der Waals surface area contributed by atoms with Crippen LogP contribution in [0.3, 0.4) is 0 Å². The molecule has 0 amide bonds. The van der Waals surface area contributed by atoms with Crippen LogP contribution in [0, 0.1) is 0 Å². The number of carbonyl (C=O) groups is 1. The molecule has 0 unspecified atom stereocenters. The molecule has 1 heterocycles. The topological polar surface area (TPSA) is 58.9 Å². The van der Waals surface area contributed by atoms with Gasteiger partial charge in [0.25, 0.3) is 0 Å². The summed E-state index contributed by atoms with van der Waals surface area (Å²) in [6.07, 6.45) is 3.29. The van der Waals surface area contributed by atoms with E-state index < -0.39 is 6.04 Å². The maximum Gasteiger partial charge on any atom is 0.137 e. The number of benzene rings is 2. The Hall–Kier alpha value is -2.39. The van der Waals surface area contributed by atoms with Crippen molar-refractivity contribution in [1.29, 1.82) is 0 Å². The minimum Gasteiger partial charge on any atom is -0.360 e. The Balaban J connectivity index is 2.10. The summed E-state index contributed by atoms with van der Waals surface area (Å²) in [4.78, 5) is 14.0. The van der Waals surface area contributed by atoms with Crippen molar-refractivity contribution >= 4 is 17.2 Å². The third-order valence-electron chi connectivity index (χ3n) is 3.52. The van der Waals surface area contributed by atoms with E-state index in [2.05, 4.69) is 29.2 Å². The molecule has 0 aliphatic rings. The number of aromatic amines is 1. The van der Waals surface area contributed by atoms with Crippen LogP contribution in [0.1, 0.15) is 5.56 Å². The van der Waals surface area contributed by atoms with Crippen molar-refractivity contribution < 1.29 is 4.79 Å². The van der Waals surface area contributed by atoms with Crippen molar-refractivity contribution in [3.05, 3.63) is 60.3 Å². The summed E-state index contributed by atoms with van der Waals surface area (Å²) >= 11 is 0. The van der Waals surface area contributed by atoms with E-state index in [1.807, 2.05) is 30.5 Å². The van der Waals surface area contributed by atoms with Crippen LogP contribution in [-0.2, 0) is 11.2 Å². The Morgan fingerprint density at radius 3 is 2.65 bits per heavy atom. The summed E-state index contributed by atoms with van der Waals surface area (Å²) in [5.41, 5.74) is 10.2. The third-order valence-corrected chi connectivity index (χ3v) is 3.52. The highest BCUT2D eigenvalue weighted by molar-refractivity contribution is 5.96. The molecular formula is C17H16N2O. The first-order valence-electron chi connectivity index (χ1n) is 6.65. The predicted octanol–water partition coefficient (Wildman–Crippen LogP) is 2.90. The lowest BCUT2D eigenvalue weighted by atomic mass is 10.0. The zero-order valence-corrected chi connectivity index (χ0v) is 11.0. The van der Waals surface area contributed by atoms with E-state index in [-0.39, 0.29) is 0 Å². The Bertz CT molecular complexity index is 731. The van der Waals surface area contributed by atoms with E-state index in [1.54, 1.807) is 0 Å². The van der Waals surface area contributed by atoms with E-state index in [9.17, 15) is 4.79 Å². The smallest absolute Gasteiger partial charge is 0.137 e. The van der Waals surface area contributed by atoms with Gasteiger partial charge in [-0.2, -0.15) is 0 Å². The normalized spacial score (nSPS) is 12.4. The van der Waals surface area contributed by atoms with Crippen LogP contribution in [0.25, 0.3) is 22.0 Å². The summed E-state index contributed by atoms with van der Waals surface area (Å²) < 4.78 is 0. The molecule has 0 radical (unpaired) electrons. The molecule has 0 saturated heterocycles. The molecule has 100 valence electrons. The van der Waals surface area contributed by atoms with Gasteiger partial charge in [-0.25, -0.2) is 0 Å². The van der Waals surface area contributed by atoms with Gasteiger partial charge in [0.15, 0.2) is 0 Å². The average molecular weight is 264 g/mol. The lowest BCUT2D eigenvalue weighted by Gasteiger charge is -2.05. The van der Waals surface area contributed by atoms with Crippen LogP contribution in [0.15, 0.2) is 54.7 Å². The van der Waals surface area contributed by atoms with Crippen LogP contribution in [0.4, 0.5) is 0 Å². The molecule has 2 aromatic carbocycles. The van der Waals surface area contributed by atoms with Gasteiger partial charge < -0.3 is 15.5 Å². The van der Waals surface area contributed by atoms with Crippen LogP contribution >= 0.6 is 0 Å². The minimum atomic E-state index is -0.450. The molecule has 0 saturated carbocycles. The molecular weight excluding hydrogens is 248 g/mol. The second-order valence-electron chi connectivity index (χ2n) is 4.91. The maximum atomic E-state index is 10.7. The summed E-state index contributed by atoms with van der Waals surface area (Å²) in [7, 11) is 0. The van der Waals surface area contributed by atoms with Gasteiger partial charge in [0.05, 0.1) is 11.6 Å². The van der Waals surface area contributed by atoms with E-state index >= 15 is 0 Å². The molecule has 3 nitrogen and oxygen atoms in total. The molecule has 0 fully saturated rings. The fraction of sp³-hybridized carbons (Fsp3) is 0.118. The van der Waals surface area contributed by atoms with Gasteiger partial charge in [0, 0.05) is 17.1 Å². The Morgan fingerprint density at radius 2 is 1.90 bits per heavy atom. The van der Waals surface area contributed by atoms with Gasteiger partial charge in [0.1, 0.15) is 6.29 Å². The van der Waals surface area contributed by atoms with E-state index in [0.29, 0.717) is 6.42 Å². The van der Waals surface area contributed by atoms with E-state index in [1.165, 1.54) is 5.56 Å². The highest BCUT2D eigenvalue weighted by Crippen LogP contribution is 2.29. The summed E-state index contributed by atoms with van der Waals surface area (Å²) in [6.45, 7) is 0. The van der Waals surface area contributed by atoms with Gasteiger partial charge in [-0.1, -0.05) is 48.5 Å². The van der Waals surface area contributed by atoms with Crippen molar-refractivity contribution in [2.24, 2.45) is 5.73 Å². The quantitative estimate of drug-likeness (QED) is 0.712. The second-order valence-corrected chi connectivity index (χ2v) is 4.91. The standard InChI is InChI=1S/C17H16N2O/c18-14(11-20)9-13-10-19-17-15(7-4-8-16(13)17)12-5-2-1-3-6-12/h1-8,10-11,14,19H,9,18H2/t14-/m0/s1. The zero-order valence-electron chi connectivity index (χ0n) is 11.0. The molecule has 3 heteroatoms. The molecule has 1 atom stereocenters. The third kappa shape index (κ3) is 2.24. The number of rotatable bonds is 4. The largest absolute Gasteiger partial charge is 0.360 e. The minimum absolute atomic E-state index is 0.450. The molecule has 20 heavy (non-hydrogen) atoms. The molecule has 3 N–H and O–H groups in total. The number of aldehydes is 1. The molecule has 0 spiro atoms. The number of hydrogen-bond donors (Lipinski definition) is 2. The number of fused-ring (bicyclic) bond motifs is 1. The van der Waals surface area contributed by atoms with Crippen molar-refractivity contribution in [3.63, 3.8) is 0 Å². The number of nitrogens with two attached hydrogens (primary N) is 1. The van der Waals surface area contributed by atoms with Crippen molar-refractivity contribution in [2.45, 2.75) is 12.5 Å². The van der Waals surface area contributed by atoms with Crippen molar-refractivity contribution in [2.75, 3.05) is 0 Å². The first-order chi connectivity index (χ1) is 9.79. The van der Waals surface area contributed by atoms with Crippen LogP contribution < -0.4 is 5.73 Å². The predicted molar refractivity (Wildman–Crippen MR) is 81.5 cm³/mol. The molecule has 0 aliphatic heterocycles. The monoisotopic (exact) mass is 264 g/mol. The maximum absolute atomic E-state index is 10.7. The van der Waals surface area contributed by atoms with E-state index in [4.69, 9.17) is 5.73 Å². The zero-order chi connectivity index (χ0) is 13.9. The van der Waals surface area contributed by atoms with Gasteiger partial charge in [-0.3, -0.25) is 0 Å². The number of nitrogens with one attached hydrogen (secondary N) is 1. The Labute approximate surface area is 117 Å². The fourth-order valence-electron chi connectivity index (χ4n) is 2.54. The highest BCUT2D eigenvalue weighted by atomic mass is 16.1. The first kappa shape index (κ1) is 12.6. The summed E-state index contributed by atoms with van der Waals surface area (Å²) in [5, 5.41) is 1.13. The van der Waals surface area contributed by atoms with E-state index in [0.717, 1.165) is 28.3 Å². The second kappa shape index (κ2) is 5.31. The molecule has 0 aliphatic carbocycles. The molecule has 0 bridgehead atoms. The van der Waals surface area contributed by atoms with Gasteiger partial charge in [0.2, 0.25) is 0 Å². The van der Waals surface area contributed by atoms with Gasteiger partial charge >= 0.3 is 0 Å². The number of carbonyl (C=O) groups excluding carboxylic acids is 1. The van der Waals surface area contributed by atoms with Gasteiger partial charge in [-0.15, -0.1) is 0 Å². The molecule has 3 rings (SSSR count). The fourth-order valence-corrected chi connectivity index (χ4v) is 2.54. The van der Waals surface area contributed by atoms with Crippen LogP contribution in [-0.4, -0.2) is 17.3 Å². The van der Waals surface area contributed by atoms with Crippen molar-refractivity contribution in [3.8, 4) is 11.1 Å². The number of aromatic nitrogens is 1. The SMILES string of the molecule is N[C@H](C=O)Cc1c[nH]c2c(-c3ccccc3)cccc12. The van der Waals surface area contributed by atoms with Crippen LogP contribution in [0.5, 0.6) is 0 Å². The Kier molecular flexibility index (Phi) is 3.35. The van der Waals surface area contributed by atoms with Crippen LogP contribution in [0.2, 0.25) is 0 Å². The van der Waals surface area contributed by atoms with Gasteiger partial charge in [-0.05, 0) is 17.5 Å². The number of hydrogen-bond acceptors (Lipinski definition) is 2. The number of H-pyrrole nitrogens is 1. The lowest BCUT2D eigenvalue weighted by molar-refractivity contribution is -0.108. The molecule has 1 aromatic heterocycles. The molecule has 3 aromatic rings. The summed E-state index contributed by atoms with van der Waals surface area (Å²) in [6, 6.07) is 16.0.